The lowest BCUT2D eigenvalue weighted by Gasteiger charge is -2.30. The molecule has 91 heavy (non-hydrogen) atoms. The topological polar surface area (TPSA) is 597 Å². The quantitative estimate of drug-likeness (QED) is 0.0116. The van der Waals surface area contributed by atoms with Crippen molar-refractivity contribution in [3.63, 3.8) is 0 Å². The molecular formula is C50H85N9O32. The summed E-state index contributed by atoms with van der Waals surface area (Å²) in [4.78, 5) is 138. The van der Waals surface area contributed by atoms with Crippen LogP contribution in [0.15, 0.2) is 20.6 Å². The smallest absolute Gasteiger partial charge is 0.347 e. The molecule has 0 fully saturated rings. The van der Waals surface area contributed by atoms with Gasteiger partial charge in [-0.3, -0.25) is 38.7 Å². The number of aliphatic carboxylic acids is 3. The number of nitrogens with zero attached hydrogens (tertiary/aromatic N) is 9. The molecule has 8 atom stereocenters. The Balaban J connectivity index is 6.27. The summed E-state index contributed by atoms with van der Waals surface area (Å²) in [6, 6.07) is 0. The Morgan fingerprint density at radius 2 is 0.538 bits per heavy atom. The van der Waals surface area contributed by atoms with Crippen LogP contribution in [-0.2, 0) is 81.4 Å². The molecule has 0 unspecified atom stereocenters. The van der Waals surface area contributed by atoms with Crippen LogP contribution in [0, 0.1) is 0 Å². The highest BCUT2D eigenvalue weighted by Gasteiger charge is 2.26. The van der Waals surface area contributed by atoms with Crippen molar-refractivity contribution in [3.8, 4) is 0 Å². The number of aliphatic hydroxyl groups excluding tert-OH is 12. The van der Waals surface area contributed by atoms with Crippen LogP contribution in [0.1, 0.15) is 25.7 Å². The van der Waals surface area contributed by atoms with Gasteiger partial charge in [0.15, 0.2) is 0 Å². The summed E-state index contributed by atoms with van der Waals surface area (Å²) >= 11 is 0. The molecule has 0 rings (SSSR count). The van der Waals surface area contributed by atoms with E-state index in [2.05, 4.69) is 20.6 Å². The van der Waals surface area contributed by atoms with Crippen molar-refractivity contribution in [2.45, 2.75) is 74.5 Å². The zero-order valence-corrected chi connectivity index (χ0v) is 49.6. The largest absolute Gasteiger partial charge is 0.480 e. The Morgan fingerprint density at radius 3 is 0.758 bits per heavy atom. The van der Waals surface area contributed by atoms with Crippen molar-refractivity contribution in [1.82, 2.24) is 24.5 Å². The maximum atomic E-state index is 13.8. The van der Waals surface area contributed by atoms with Gasteiger partial charge in [-0.15, -0.1) is 0 Å². The van der Waals surface area contributed by atoms with Crippen molar-refractivity contribution in [1.29, 1.82) is 0 Å². The molecule has 0 spiro atoms. The second kappa shape index (κ2) is 51.2. The molecule has 0 heterocycles. The van der Waals surface area contributed by atoms with Crippen molar-refractivity contribution in [2.24, 2.45) is 20.6 Å². The van der Waals surface area contributed by atoms with Gasteiger partial charge < -0.3 is 125 Å². The Labute approximate surface area is 519 Å². The van der Waals surface area contributed by atoms with Gasteiger partial charge in [0.1, 0.15) is 50.8 Å². The minimum atomic E-state index is -1.47. The highest BCUT2D eigenvalue weighted by molar-refractivity contribution is 5.80. The van der Waals surface area contributed by atoms with E-state index in [1.54, 1.807) is 0 Å². The van der Waals surface area contributed by atoms with Crippen LogP contribution in [0.4, 0.5) is 0 Å². The third-order valence-electron chi connectivity index (χ3n) is 11.7. The Bertz CT molecular complexity index is 2000. The van der Waals surface area contributed by atoms with Gasteiger partial charge in [-0.2, -0.15) is 0 Å². The first kappa shape index (κ1) is 83.5. The highest BCUT2D eigenvalue weighted by atomic mass is 16.7. The number of carbonyl (C=O) groups excluding carboxylic acids is 6. The average Bonchev–Trinajstić information content (AvgIpc) is 2.74. The molecule has 2 amide bonds. The molecule has 41 nitrogen and oxygen atoms in total. The van der Waals surface area contributed by atoms with Gasteiger partial charge in [0.2, 0.25) is 38.2 Å². The van der Waals surface area contributed by atoms with Gasteiger partial charge >= 0.3 is 41.8 Å². The number of carboxylic acid groups (broad SMARTS) is 3. The van der Waals surface area contributed by atoms with E-state index in [1.807, 2.05) is 0 Å². The summed E-state index contributed by atoms with van der Waals surface area (Å²) in [6.07, 6.45) is -8.48. The molecular weight excluding hydrogens is 1240 g/mol. The average molecular weight is 1320 g/mol. The second-order valence-electron chi connectivity index (χ2n) is 19.0. The van der Waals surface area contributed by atoms with E-state index >= 15 is 0 Å². The van der Waals surface area contributed by atoms with Gasteiger partial charge in [-0.1, -0.05) is 20.6 Å². The van der Waals surface area contributed by atoms with E-state index < -0.39 is 241 Å². The zero-order chi connectivity index (χ0) is 68.5. The third-order valence-corrected chi connectivity index (χ3v) is 11.7. The maximum Gasteiger partial charge on any atom is 0.347 e. The molecule has 15 N–H and O–H groups in total. The van der Waals surface area contributed by atoms with Gasteiger partial charge in [0.25, 0.3) is 0 Å². The molecule has 0 aromatic heterocycles. The van der Waals surface area contributed by atoms with Crippen LogP contribution in [0.2, 0.25) is 0 Å². The summed E-state index contributed by atoms with van der Waals surface area (Å²) in [5, 5.41) is 155. The van der Waals surface area contributed by atoms with E-state index in [-0.39, 0.29) is 51.9 Å². The number of hydrogen-bond acceptors (Lipinski definition) is 36. The third kappa shape index (κ3) is 43.8. The Hall–Kier alpha value is -7.49. The first-order valence-corrected chi connectivity index (χ1v) is 27.7. The van der Waals surface area contributed by atoms with Crippen LogP contribution < -0.4 is 0 Å². The van der Waals surface area contributed by atoms with Crippen molar-refractivity contribution in [3.05, 3.63) is 0 Å². The Morgan fingerprint density at radius 1 is 0.319 bits per heavy atom. The van der Waals surface area contributed by atoms with Crippen molar-refractivity contribution < 1.29 is 158 Å². The molecule has 41 heteroatoms. The number of carbonyl (C=O) groups is 9. The molecule has 0 radical (unpaired) electrons. The number of ether oxygens (including phenoxy) is 4. The molecule has 0 saturated carbocycles. The fourth-order valence-electron chi connectivity index (χ4n) is 6.68. The zero-order valence-electron chi connectivity index (χ0n) is 49.6. The number of oxime groups is 4. The van der Waals surface area contributed by atoms with Crippen molar-refractivity contribution >= 4 is 78.5 Å². The monoisotopic (exact) mass is 1320 g/mol. The van der Waals surface area contributed by atoms with E-state index in [0.29, 0.717) is 0 Å². The van der Waals surface area contributed by atoms with Gasteiger partial charge in [0, 0.05) is 76.7 Å². The van der Waals surface area contributed by atoms with Crippen molar-refractivity contribution in [2.75, 3.05) is 164 Å². The van der Waals surface area contributed by atoms with E-state index in [1.165, 1.54) is 4.90 Å². The predicted octanol–water partition coefficient (Wildman–Crippen LogP) is -10.6. The number of aliphatic hydroxyl groups is 12. The lowest BCUT2D eigenvalue weighted by molar-refractivity contribution is -0.153. The maximum absolute atomic E-state index is 13.8. The summed E-state index contributed by atoms with van der Waals surface area (Å²) in [6.45, 7) is -14.9. The number of rotatable bonds is 56. The number of hydrogen-bond donors (Lipinski definition) is 15. The SMILES string of the molecule is O=C(O)CN(CCN(CC(=O)O)CC(=O)N(CCOC(=O)CO/N=C\C[C@H](O)[C@H](O)CO)CCOC(=O)CO/N=C/C[C@H](O)[C@H](O)CO)CCN(CC(=O)O)CC(=O)N(CCOC(=O)CO/N=C/C[C@H](O)[C@H](O)CO)CCOC(=O)CO/N=C/C[C@H](O)[C@H](O)CO. The predicted molar refractivity (Wildman–Crippen MR) is 302 cm³/mol. The first-order valence-electron chi connectivity index (χ1n) is 27.7. The van der Waals surface area contributed by atoms with Crippen LogP contribution in [0.25, 0.3) is 0 Å². The number of esters is 4. The van der Waals surface area contributed by atoms with Crippen LogP contribution in [-0.4, -0.2) is 393 Å². The van der Waals surface area contributed by atoms with Crippen LogP contribution in [0.5, 0.6) is 0 Å². The molecule has 0 bridgehead atoms. The standard InChI is InChI=1S/C50H85N9O32/c60-26-38(68)34(64)1-5-51-88-30-47(80)84-17-13-58(14-18-85-48(81)31-89-52-6-2-35(65)39(69)27-61)42(72)21-56(24-45(76)77)11-9-55(23-44(74)75)10-12-57(25-46(78)79)22-43(73)59(15-19-86-49(82)32-90-53-7-3-36(66)40(70)28-62)16-20-87-50(83)33-91-54-8-4-37(67)41(71)29-63/h5-8,34-41,60-71H,1-4,9-33H2,(H,74,75)(H,76,77)(H,78,79)/b51-5-,52-6+,53-7+,54-8+/t34-,35-,36-,37-,38+,39+,40+,41+/m0/s1. The summed E-state index contributed by atoms with van der Waals surface area (Å²) in [5.41, 5.74) is 0. The minimum Gasteiger partial charge on any atom is -0.480 e. The van der Waals surface area contributed by atoms with E-state index in [0.717, 1.165) is 44.5 Å². The summed E-state index contributed by atoms with van der Waals surface area (Å²) in [5.74, 6) is -10.0. The molecule has 0 aliphatic carbocycles. The van der Waals surface area contributed by atoms with Crippen LogP contribution in [0.3, 0.4) is 0 Å². The second-order valence-corrected chi connectivity index (χ2v) is 19.0. The van der Waals surface area contributed by atoms with Gasteiger partial charge in [-0.05, 0) is 0 Å². The lowest BCUT2D eigenvalue weighted by atomic mass is 10.2. The van der Waals surface area contributed by atoms with E-state index in [4.69, 9.17) is 58.7 Å². The lowest BCUT2D eigenvalue weighted by Crippen LogP contribution is -2.49. The fraction of sp³-hybridized carbons (Fsp3) is 0.740. The molecule has 0 aliphatic rings. The van der Waals surface area contributed by atoms with Gasteiger partial charge in [-0.25, -0.2) is 19.2 Å². The van der Waals surface area contributed by atoms with Gasteiger partial charge in [0.05, 0.1) is 110 Å². The highest BCUT2D eigenvalue weighted by Crippen LogP contribution is 2.05. The molecule has 522 valence electrons. The molecule has 0 aliphatic heterocycles. The summed E-state index contributed by atoms with van der Waals surface area (Å²) < 4.78 is 20.4. The summed E-state index contributed by atoms with van der Waals surface area (Å²) in [7, 11) is 0. The normalized spacial score (nSPS) is 14.4. The van der Waals surface area contributed by atoms with Crippen LogP contribution >= 0.6 is 0 Å². The number of carboxylic acids is 3. The first-order chi connectivity index (χ1) is 43.3. The molecule has 0 aromatic rings. The molecule has 0 saturated heterocycles. The minimum absolute atomic E-state index is 0.262. The fourth-order valence-corrected chi connectivity index (χ4v) is 6.68. The van der Waals surface area contributed by atoms with E-state index in [9.17, 15) is 99.3 Å². The molecule has 0 aromatic carbocycles. The Kier molecular flexibility index (Phi) is 47.0. The number of amides is 2.